The number of methoxy groups -OCH3 is 2. The molecule has 0 aromatic heterocycles. The molecule has 9 nitrogen and oxygen atoms in total. The predicted octanol–water partition coefficient (Wildman–Crippen LogP) is 1.83. The van der Waals surface area contributed by atoms with Gasteiger partial charge < -0.3 is 24.6 Å². The summed E-state index contributed by atoms with van der Waals surface area (Å²) in [7, 11) is 3.21. The van der Waals surface area contributed by atoms with E-state index in [1.165, 1.54) is 19.4 Å². The SMILES string of the molecule is COc1cc(OC)cc(C(=O)N2CCN(CC3CC4C=CC3C4)CC2)c1.O=C(O)C(=O)O. The molecule has 0 radical (unpaired) electrons. The van der Waals surface area contributed by atoms with Crippen LogP contribution in [0.15, 0.2) is 30.4 Å². The van der Waals surface area contributed by atoms with E-state index >= 15 is 0 Å². The van der Waals surface area contributed by atoms with Crippen LogP contribution in [0, 0.1) is 17.8 Å². The van der Waals surface area contributed by atoms with Gasteiger partial charge in [-0.05, 0) is 42.7 Å². The molecule has 1 saturated carbocycles. The zero-order valence-corrected chi connectivity index (χ0v) is 18.4. The molecule has 32 heavy (non-hydrogen) atoms. The molecule has 1 heterocycles. The molecular weight excluding hydrogens is 416 g/mol. The first-order valence-corrected chi connectivity index (χ1v) is 10.7. The van der Waals surface area contributed by atoms with E-state index in [0.717, 1.165) is 43.9 Å². The van der Waals surface area contributed by atoms with Crippen molar-refractivity contribution in [1.82, 2.24) is 9.80 Å². The van der Waals surface area contributed by atoms with Gasteiger partial charge in [0, 0.05) is 44.4 Å². The van der Waals surface area contributed by atoms with Crippen molar-refractivity contribution in [2.45, 2.75) is 12.8 Å². The summed E-state index contributed by atoms with van der Waals surface area (Å²) in [5, 5.41) is 14.8. The number of ether oxygens (including phenoxy) is 2. The highest BCUT2D eigenvalue weighted by Crippen LogP contribution is 2.43. The van der Waals surface area contributed by atoms with Gasteiger partial charge in [-0.15, -0.1) is 0 Å². The van der Waals surface area contributed by atoms with Gasteiger partial charge in [0.05, 0.1) is 14.2 Å². The third kappa shape index (κ3) is 5.79. The number of carboxylic acid groups (broad SMARTS) is 2. The molecule has 0 spiro atoms. The number of hydrogen-bond donors (Lipinski definition) is 2. The summed E-state index contributed by atoms with van der Waals surface area (Å²) in [6.45, 7) is 4.68. The molecule has 9 heteroatoms. The Bertz CT molecular complexity index is 843. The number of hydrogen-bond acceptors (Lipinski definition) is 6. The van der Waals surface area contributed by atoms with E-state index in [9.17, 15) is 4.79 Å². The summed E-state index contributed by atoms with van der Waals surface area (Å²) in [5.41, 5.74) is 0.632. The summed E-state index contributed by atoms with van der Waals surface area (Å²) >= 11 is 0. The third-order valence-electron chi connectivity index (χ3n) is 6.35. The molecule has 2 bridgehead atoms. The first-order valence-electron chi connectivity index (χ1n) is 10.7. The van der Waals surface area contributed by atoms with Gasteiger partial charge in [0.15, 0.2) is 0 Å². The van der Waals surface area contributed by atoms with Crippen molar-refractivity contribution in [2.75, 3.05) is 46.9 Å². The number of allylic oxidation sites excluding steroid dienone is 2. The Kier molecular flexibility index (Phi) is 7.74. The van der Waals surface area contributed by atoms with Crippen LogP contribution in [-0.4, -0.2) is 84.8 Å². The average molecular weight is 447 g/mol. The second kappa shape index (κ2) is 10.5. The summed E-state index contributed by atoms with van der Waals surface area (Å²) in [4.78, 5) is 35.6. The highest BCUT2D eigenvalue weighted by molar-refractivity contribution is 6.27. The lowest BCUT2D eigenvalue weighted by Gasteiger charge is -2.37. The lowest BCUT2D eigenvalue weighted by molar-refractivity contribution is -0.159. The fourth-order valence-electron chi connectivity index (χ4n) is 4.68. The summed E-state index contributed by atoms with van der Waals surface area (Å²) in [6.07, 6.45) is 7.54. The van der Waals surface area contributed by atoms with Crippen molar-refractivity contribution >= 4 is 17.8 Å². The van der Waals surface area contributed by atoms with E-state index < -0.39 is 11.9 Å². The molecule has 1 saturated heterocycles. The molecule has 1 aromatic rings. The molecule has 1 aromatic carbocycles. The van der Waals surface area contributed by atoms with Crippen molar-refractivity contribution in [3.63, 3.8) is 0 Å². The van der Waals surface area contributed by atoms with Crippen LogP contribution in [-0.2, 0) is 9.59 Å². The van der Waals surface area contributed by atoms with E-state index in [0.29, 0.717) is 17.1 Å². The van der Waals surface area contributed by atoms with Crippen molar-refractivity contribution in [2.24, 2.45) is 17.8 Å². The van der Waals surface area contributed by atoms with Gasteiger partial charge in [-0.2, -0.15) is 0 Å². The van der Waals surface area contributed by atoms with Crippen LogP contribution < -0.4 is 9.47 Å². The fraction of sp³-hybridized carbons (Fsp3) is 0.522. The Morgan fingerprint density at radius 3 is 1.94 bits per heavy atom. The number of nitrogens with zero attached hydrogens (tertiary/aromatic N) is 2. The minimum atomic E-state index is -1.82. The Morgan fingerprint density at radius 1 is 0.906 bits per heavy atom. The average Bonchev–Trinajstić information content (AvgIpc) is 3.42. The van der Waals surface area contributed by atoms with Gasteiger partial charge in [0.2, 0.25) is 0 Å². The first kappa shape index (κ1) is 23.6. The number of carboxylic acids is 2. The van der Waals surface area contributed by atoms with Crippen LogP contribution >= 0.6 is 0 Å². The second-order valence-electron chi connectivity index (χ2n) is 8.34. The molecule has 1 amide bonds. The van der Waals surface area contributed by atoms with Crippen molar-refractivity contribution in [3.8, 4) is 11.5 Å². The van der Waals surface area contributed by atoms with Gasteiger partial charge in [-0.1, -0.05) is 12.2 Å². The van der Waals surface area contributed by atoms with Crippen LogP contribution in [0.3, 0.4) is 0 Å². The number of piperazine rings is 1. The highest BCUT2D eigenvalue weighted by atomic mass is 16.5. The van der Waals surface area contributed by atoms with Crippen molar-refractivity contribution in [3.05, 3.63) is 35.9 Å². The number of benzene rings is 1. The van der Waals surface area contributed by atoms with Crippen LogP contribution in [0.1, 0.15) is 23.2 Å². The highest BCUT2D eigenvalue weighted by Gasteiger charge is 2.36. The second-order valence-corrected chi connectivity index (χ2v) is 8.34. The molecule has 1 aliphatic heterocycles. The standard InChI is InChI=1S/C21H28N2O3.C2H2O4/c1-25-19-11-17(12-20(13-19)26-2)21(24)23-7-5-22(6-8-23)14-18-10-15-3-4-16(18)9-15;3-1(4)2(5)6/h3-4,11-13,15-16,18H,5-10,14H2,1-2H3;(H,3,4)(H,5,6). The first-order chi connectivity index (χ1) is 15.3. The Morgan fingerprint density at radius 2 is 1.50 bits per heavy atom. The minimum Gasteiger partial charge on any atom is -0.497 e. The van der Waals surface area contributed by atoms with Crippen LogP contribution in [0.4, 0.5) is 0 Å². The molecule has 2 aliphatic carbocycles. The molecule has 2 fully saturated rings. The monoisotopic (exact) mass is 446 g/mol. The molecule has 4 rings (SSSR count). The third-order valence-corrected chi connectivity index (χ3v) is 6.35. The van der Waals surface area contributed by atoms with Gasteiger partial charge in [-0.25, -0.2) is 9.59 Å². The lowest BCUT2D eigenvalue weighted by Crippen LogP contribution is -2.50. The quantitative estimate of drug-likeness (QED) is 0.520. The number of fused-ring (bicyclic) bond motifs is 2. The van der Waals surface area contributed by atoms with Crippen molar-refractivity contribution in [1.29, 1.82) is 0 Å². The Labute approximate surface area is 187 Å². The van der Waals surface area contributed by atoms with Crippen LogP contribution in [0.2, 0.25) is 0 Å². The largest absolute Gasteiger partial charge is 0.497 e. The number of carbonyl (C=O) groups is 3. The van der Waals surface area contributed by atoms with Gasteiger partial charge in [0.1, 0.15) is 11.5 Å². The molecular formula is C23H30N2O7. The molecule has 174 valence electrons. The topological polar surface area (TPSA) is 117 Å². The fourth-order valence-corrected chi connectivity index (χ4v) is 4.68. The van der Waals surface area contributed by atoms with E-state index in [4.69, 9.17) is 29.3 Å². The normalized spacial score (nSPS) is 23.9. The lowest BCUT2D eigenvalue weighted by atomic mass is 9.93. The molecule has 3 atom stereocenters. The number of amides is 1. The molecule has 3 unspecified atom stereocenters. The van der Waals surface area contributed by atoms with Crippen LogP contribution in [0.25, 0.3) is 0 Å². The Balaban J connectivity index is 0.000000427. The summed E-state index contributed by atoms with van der Waals surface area (Å²) in [6, 6.07) is 5.37. The predicted molar refractivity (Wildman–Crippen MR) is 116 cm³/mol. The zero-order chi connectivity index (χ0) is 23.3. The van der Waals surface area contributed by atoms with Gasteiger partial charge in [-0.3, -0.25) is 9.69 Å². The van der Waals surface area contributed by atoms with E-state index in [2.05, 4.69) is 17.1 Å². The van der Waals surface area contributed by atoms with Gasteiger partial charge in [0.25, 0.3) is 5.91 Å². The number of aliphatic carboxylic acids is 2. The van der Waals surface area contributed by atoms with Crippen molar-refractivity contribution < 1.29 is 34.1 Å². The van der Waals surface area contributed by atoms with Gasteiger partial charge >= 0.3 is 11.9 Å². The van der Waals surface area contributed by atoms with Crippen LogP contribution in [0.5, 0.6) is 11.5 Å². The Hall–Kier alpha value is -3.07. The van der Waals surface area contributed by atoms with E-state index in [-0.39, 0.29) is 5.91 Å². The number of carbonyl (C=O) groups excluding carboxylic acids is 1. The maximum atomic E-state index is 12.9. The minimum absolute atomic E-state index is 0.0599. The van der Waals surface area contributed by atoms with E-state index in [1.807, 2.05) is 4.90 Å². The van der Waals surface area contributed by atoms with E-state index in [1.54, 1.807) is 32.4 Å². The number of rotatable bonds is 5. The summed E-state index contributed by atoms with van der Waals surface area (Å²) in [5.74, 6) is 0.149. The zero-order valence-electron chi connectivity index (χ0n) is 18.4. The molecule has 2 N–H and O–H groups in total. The maximum Gasteiger partial charge on any atom is 0.414 e. The summed E-state index contributed by atoms with van der Waals surface area (Å²) < 4.78 is 10.6. The smallest absolute Gasteiger partial charge is 0.414 e. The maximum absolute atomic E-state index is 12.9. The molecule has 3 aliphatic rings.